The van der Waals surface area contributed by atoms with E-state index in [0.29, 0.717) is 28.8 Å². The summed E-state index contributed by atoms with van der Waals surface area (Å²) in [6.45, 7) is 0.442. The Hall–Kier alpha value is -2.40. The number of benzene rings is 1. The molecule has 1 saturated carbocycles. The second-order valence-corrected chi connectivity index (χ2v) is 6.12. The zero-order valence-corrected chi connectivity index (χ0v) is 13.1. The minimum atomic E-state index is -0.213. The molecule has 5 nitrogen and oxygen atoms in total. The van der Waals surface area contributed by atoms with Gasteiger partial charge in [0.25, 0.3) is 5.91 Å². The van der Waals surface area contributed by atoms with E-state index in [1.165, 1.54) is 12.8 Å². The minimum absolute atomic E-state index is 0.213. The maximum Gasteiger partial charge on any atom is 0.270 e. The Kier molecular flexibility index (Phi) is 3.50. The van der Waals surface area contributed by atoms with Crippen molar-refractivity contribution in [3.63, 3.8) is 0 Å². The number of carbonyl (C=O) groups excluding carboxylic acids is 1. The van der Waals surface area contributed by atoms with Crippen LogP contribution in [0.5, 0.6) is 0 Å². The molecule has 2 heterocycles. The monoisotopic (exact) mass is 326 g/mol. The molecule has 1 aliphatic carbocycles. The standard InChI is InChI=1S/C17H15ClN4O/c18-14-3-1-2-11-4-7-15(21-16(11)14)17(23)20-9-13-8-19-10-22(13)12-5-6-12/h1-4,7-8,10,12H,5-6,9H2,(H,20,23). The molecule has 1 aromatic carbocycles. The zero-order chi connectivity index (χ0) is 15.8. The van der Waals surface area contributed by atoms with Crippen molar-refractivity contribution in [3.05, 3.63) is 59.3 Å². The lowest BCUT2D eigenvalue weighted by Crippen LogP contribution is -2.25. The van der Waals surface area contributed by atoms with Crippen LogP contribution in [0.15, 0.2) is 42.9 Å². The number of halogens is 1. The minimum Gasteiger partial charge on any atom is -0.345 e. The van der Waals surface area contributed by atoms with Crippen LogP contribution in [0.2, 0.25) is 5.02 Å². The van der Waals surface area contributed by atoms with Crippen molar-refractivity contribution in [2.45, 2.75) is 25.4 Å². The molecule has 0 spiro atoms. The van der Waals surface area contributed by atoms with Gasteiger partial charge in [-0.25, -0.2) is 9.97 Å². The van der Waals surface area contributed by atoms with Gasteiger partial charge < -0.3 is 9.88 Å². The van der Waals surface area contributed by atoms with Crippen molar-refractivity contribution in [2.24, 2.45) is 0 Å². The molecule has 0 bridgehead atoms. The van der Waals surface area contributed by atoms with Gasteiger partial charge in [-0.05, 0) is 25.0 Å². The van der Waals surface area contributed by atoms with E-state index in [4.69, 9.17) is 11.6 Å². The van der Waals surface area contributed by atoms with Crippen LogP contribution in [0.3, 0.4) is 0 Å². The number of amides is 1. The van der Waals surface area contributed by atoms with Gasteiger partial charge in [-0.2, -0.15) is 0 Å². The summed E-state index contributed by atoms with van der Waals surface area (Å²) in [5, 5.41) is 4.37. The number of nitrogens with one attached hydrogen (secondary N) is 1. The Labute approximate surface area is 138 Å². The van der Waals surface area contributed by atoms with Crippen molar-refractivity contribution in [2.75, 3.05) is 0 Å². The molecular formula is C17H15ClN4O. The van der Waals surface area contributed by atoms with Crippen molar-refractivity contribution in [1.82, 2.24) is 19.9 Å². The molecule has 4 rings (SSSR count). The molecule has 1 aliphatic rings. The molecular weight excluding hydrogens is 312 g/mol. The average Bonchev–Trinajstić information content (AvgIpc) is 3.31. The molecule has 2 aromatic heterocycles. The summed E-state index contributed by atoms with van der Waals surface area (Å²) in [4.78, 5) is 20.9. The van der Waals surface area contributed by atoms with E-state index in [9.17, 15) is 4.79 Å². The van der Waals surface area contributed by atoms with Crippen LogP contribution in [-0.4, -0.2) is 20.4 Å². The second kappa shape index (κ2) is 5.66. The summed E-state index contributed by atoms with van der Waals surface area (Å²) in [5.41, 5.74) is 2.02. The molecule has 116 valence electrons. The summed E-state index contributed by atoms with van der Waals surface area (Å²) in [6.07, 6.45) is 5.99. The predicted molar refractivity (Wildman–Crippen MR) is 88.4 cm³/mol. The summed E-state index contributed by atoms with van der Waals surface area (Å²) in [6, 6.07) is 9.67. The molecule has 0 unspecified atom stereocenters. The van der Waals surface area contributed by atoms with Crippen LogP contribution in [0.4, 0.5) is 0 Å². The van der Waals surface area contributed by atoms with Crippen molar-refractivity contribution < 1.29 is 4.79 Å². The first-order valence-electron chi connectivity index (χ1n) is 7.56. The number of rotatable bonds is 4. The Bertz CT molecular complexity index is 885. The molecule has 0 atom stereocenters. The van der Waals surface area contributed by atoms with Crippen LogP contribution in [0.25, 0.3) is 10.9 Å². The molecule has 1 N–H and O–H groups in total. The number of nitrogens with zero attached hydrogens (tertiary/aromatic N) is 3. The van der Waals surface area contributed by atoms with E-state index in [1.807, 2.05) is 24.5 Å². The first kappa shape index (κ1) is 14.2. The molecule has 6 heteroatoms. The maximum absolute atomic E-state index is 12.3. The number of imidazole rings is 1. The van der Waals surface area contributed by atoms with Crippen molar-refractivity contribution in [3.8, 4) is 0 Å². The van der Waals surface area contributed by atoms with Gasteiger partial charge in [-0.15, -0.1) is 0 Å². The third-order valence-corrected chi connectivity index (χ3v) is 4.33. The molecule has 23 heavy (non-hydrogen) atoms. The Morgan fingerprint density at radius 1 is 1.30 bits per heavy atom. The fourth-order valence-corrected chi connectivity index (χ4v) is 2.87. The van der Waals surface area contributed by atoms with Crippen LogP contribution < -0.4 is 5.32 Å². The van der Waals surface area contributed by atoms with E-state index in [0.717, 1.165) is 11.1 Å². The van der Waals surface area contributed by atoms with Gasteiger partial charge in [0.1, 0.15) is 5.69 Å². The summed E-state index contributed by atoms with van der Waals surface area (Å²) < 4.78 is 2.13. The van der Waals surface area contributed by atoms with Gasteiger partial charge in [0.2, 0.25) is 0 Å². The molecule has 3 aromatic rings. The third kappa shape index (κ3) is 2.80. The largest absolute Gasteiger partial charge is 0.345 e. The van der Waals surface area contributed by atoms with E-state index >= 15 is 0 Å². The van der Waals surface area contributed by atoms with Gasteiger partial charge in [-0.1, -0.05) is 29.8 Å². The quantitative estimate of drug-likeness (QED) is 0.799. The highest BCUT2D eigenvalue weighted by atomic mass is 35.5. The maximum atomic E-state index is 12.3. The number of aromatic nitrogens is 3. The van der Waals surface area contributed by atoms with E-state index < -0.39 is 0 Å². The van der Waals surface area contributed by atoms with Crippen LogP contribution >= 0.6 is 11.6 Å². The SMILES string of the molecule is O=C(NCc1cncn1C1CC1)c1ccc2cccc(Cl)c2n1. The molecule has 0 radical (unpaired) electrons. The summed E-state index contributed by atoms with van der Waals surface area (Å²) >= 11 is 6.15. The molecule has 1 amide bonds. The van der Waals surface area contributed by atoms with Crippen LogP contribution in [0.1, 0.15) is 35.1 Å². The van der Waals surface area contributed by atoms with E-state index in [1.54, 1.807) is 18.3 Å². The van der Waals surface area contributed by atoms with E-state index in [2.05, 4.69) is 19.9 Å². The number of para-hydroxylation sites is 1. The first-order valence-corrected chi connectivity index (χ1v) is 7.94. The summed E-state index contributed by atoms with van der Waals surface area (Å²) in [5.74, 6) is -0.213. The first-order chi connectivity index (χ1) is 11.2. The normalized spacial score (nSPS) is 14.1. The van der Waals surface area contributed by atoms with Crippen molar-refractivity contribution in [1.29, 1.82) is 0 Å². The van der Waals surface area contributed by atoms with Crippen LogP contribution in [0, 0.1) is 0 Å². The van der Waals surface area contributed by atoms with Gasteiger partial charge in [0.15, 0.2) is 0 Å². The molecule has 1 fully saturated rings. The van der Waals surface area contributed by atoms with Gasteiger partial charge >= 0.3 is 0 Å². The lowest BCUT2D eigenvalue weighted by molar-refractivity contribution is 0.0945. The lowest BCUT2D eigenvalue weighted by atomic mass is 10.2. The smallest absolute Gasteiger partial charge is 0.270 e. The fraction of sp³-hybridized carbons (Fsp3) is 0.235. The Morgan fingerprint density at radius 2 is 2.17 bits per heavy atom. The number of fused-ring (bicyclic) bond motifs is 1. The number of hydrogen-bond acceptors (Lipinski definition) is 3. The predicted octanol–water partition coefficient (Wildman–Crippen LogP) is 3.35. The molecule has 0 aliphatic heterocycles. The van der Waals surface area contributed by atoms with Crippen molar-refractivity contribution >= 4 is 28.4 Å². The Morgan fingerprint density at radius 3 is 3.00 bits per heavy atom. The third-order valence-electron chi connectivity index (χ3n) is 4.02. The zero-order valence-electron chi connectivity index (χ0n) is 12.4. The Balaban J connectivity index is 1.52. The fourth-order valence-electron chi connectivity index (χ4n) is 2.65. The van der Waals surface area contributed by atoms with Gasteiger partial charge in [-0.3, -0.25) is 4.79 Å². The highest BCUT2D eigenvalue weighted by Crippen LogP contribution is 2.35. The number of pyridine rings is 1. The van der Waals surface area contributed by atoms with E-state index in [-0.39, 0.29) is 5.91 Å². The highest BCUT2D eigenvalue weighted by Gasteiger charge is 2.25. The van der Waals surface area contributed by atoms with Crippen LogP contribution in [-0.2, 0) is 6.54 Å². The average molecular weight is 327 g/mol. The molecule has 0 saturated heterocycles. The van der Waals surface area contributed by atoms with Gasteiger partial charge in [0.05, 0.1) is 29.1 Å². The second-order valence-electron chi connectivity index (χ2n) is 5.71. The summed E-state index contributed by atoms with van der Waals surface area (Å²) in [7, 11) is 0. The van der Waals surface area contributed by atoms with Gasteiger partial charge in [0, 0.05) is 17.6 Å². The lowest BCUT2D eigenvalue weighted by Gasteiger charge is -2.08. The number of hydrogen-bond donors (Lipinski definition) is 1. The number of carbonyl (C=O) groups is 1. The topological polar surface area (TPSA) is 59.8 Å². The highest BCUT2D eigenvalue weighted by molar-refractivity contribution is 6.35.